The molecule has 2 N–H and O–H groups in total. The Morgan fingerprint density at radius 1 is 1.48 bits per heavy atom. The predicted octanol–water partition coefficient (Wildman–Crippen LogP) is 3.29. The lowest BCUT2D eigenvalue weighted by Crippen LogP contribution is -2.26. The molecular weight excluding hydrogens is 286 g/mol. The van der Waals surface area contributed by atoms with Gasteiger partial charge in [0.2, 0.25) is 0 Å². The first-order chi connectivity index (χ1) is 10.0. The molecular formula is C16H20ClN3O. The fourth-order valence-electron chi connectivity index (χ4n) is 1.92. The maximum atomic E-state index is 11.8. The van der Waals surface area contributed by atoms with E-state index in [0.29, 0.717) is 18.3 Å². The van der Waals surface area contributed by atoms with Crippen molar-refractivity contribution in [3.8, 4) is 6.07 Å². The number of para-hydroxylation sites is 1. The van der Waals surface area contributed by atoms with Gasteiger partial charge in [-0.25, -0.2) is 0 Å². The van der Waals surface area contributed by atoms with Gasteiger partial charge in [0.25, 0.3) is 5.91 Å². The predicted molar refractivity (Wildman–Crippen MR) is 86.3 cm³/mol. The first kappa shape index (κ1) is 17.1. The van der Waals surface area contributed by atoms with Crippen molar-refractivity contribution in [1.82, 2.24) is 5.32 Å². The molecule has 0 saturated heterocycles. The molecule has 0 aliphatic rings. The van der Waals surface area contributed by atoms with Crippen molar-refractivity contribution in [3.05, 3.63) is 41.1 Å². The molecule has 0 aliphatic heterocycles. The zero-order chi connectivity index (χ0) is 15.8. The van der Waals surface area contributed by atoms with Gasteiger partial charge in [-0.1, -0.05) is 32.0 Å². The molecule has 0 bridgehead atoms. The highest BCUT2D eigenvalue weighted by Gasteiger charge is 2.11. The standard InChI is InChI=1S/C16H20ClN3O/c1-11(2)14-6-4-5-12(3)15(14)20-10-13(9-18)16(21)19-8-7-17/h4-6,10-11,20H,7-8H2,1-3H3,(H,19,21)/b13-10-. The fraction of sp³-hybridized carbons (Fsp3) is 0.375. The summed E-state index contributed by atoms with van der Waals surface area (Å²) in [7, 11) is 0. The summed E-state index contributed by atoms with van der Waals surface area (Å²) in [4.78, 5) is 11.8. The molecule has 5 heteroatoms. The molecule has 1 amide bonds. The van der Waals surface area contributed by atoms with Crippen LogP contribution in [0.25, 0.3) is 0 Å². The largest absolute Gasteiger partial charge is 0.360 e. The molecule has 112 valence electrons. The van der Waals surface area contributed by atoms with Gasteiger partial charge < -0.3 is 10.6 Å². The van der Waals surface area contributed by atoms with Gasteiger partial charge >= 0.3 is 0 Å². The van der Waals surface area contributed by atoms with E-state index in [1.54, 1.807) is 0 Å². The monoisotopic (exact) mass is 305 g/mol. The van der Waals surface area contributed by atoms with Crippen LogP contribution in [0.15, 0.2) is 30.0 Å². The topological polar surface area (TPSA) is 64.9 Å². The number of amides is 1. The molecule has 1 aromatic carbocycles. The second-order valence-corrected chi connectivity index (χ2v) is 5.33. The Morgan fingerprint density at radius 3 is 2.76 bits per heavy atom. The third-order valence-corrected chi connectivity index (χ3v) is 3.22. The van der Waals surface area contributed by atoms with E-state index >= 15 is 0 Å². The molecule has 0 atom stereocenters. The van der Waals surface area contributed by atoms with Crippen LogP contribution in [0, 0.1) is 18.3 Å². The number of benzene rings is 1. The van der Waals surface area contributed by atoms with E-state index in [4.69, 9.17) is 16.9 Å². The van der Waals surface area contributed by atoms with Crippen molar-refractivity contribution in [2.45, 2.75) is 26.7 Å². The minimum Gasteiger partial charge on any atom is -0.360 e. The van der Waals surface area contributed by atoms with Crippen LogP contribution in [-0.4, -0.2) is 18.3 Å². The van der Waals surface area contributed by atoms with Crippen LogP contribution in [0.4, 0.5) is 5.69 Å². The van der Waals surface area contributed by atoms with Crippen LogP contribution >= 0.6 is 11.6 Å². The number of carbonyl (C=O) groups is 1. The maximum absolute atomic E-state index is 11.8. The van der Waals surface area contributed by atoms with Crippen molar-refractivity contribution in [2.75, 3.05) is 17.7 Å². The summed E-state index contributed by atoms with van der Waals surface area (Å²) in [6.45, 7) is 6.52. The molecule has 0 saturated carbocycles. The molecule has 1 aromatic rings. The molecule has 0 aromatic heterocycles. The van der Waals surface area contributed by atoms with E-state index in [9.17, 15) is 4.79 Å². The van der Waals surface area contributed by atoms with Crippen LogP contribution in [0.5, 0.6) is 0 Å². The molecule has 1 rings (SSSR count). The number of nitrogens with zero attached hydrogens (tertiary/aromatic N) is 1. The molecule has 0 heterocycles. The molecule has 0 aliphatic carbocycles. The average Bonchev–Trinajstić information content (AvgIpc) is 2.46. The van der Waals surface area contributed by atoms with Gasteiger partial charge in [-0.3, -0.25) is 4.79 Å². The van der Waals surface area contributed by atoms with Crippen LogP contribution in [0.2, 0.25) is 0 Å². The number of halogens is 1. The van der Waals surface area contributed by atoms with Crippen molar-refractivity contribution < 1.29 is 4.79 Å². The highest BCUT2D eigenvalue weighted by molar-refractivity contribution is 6.18. The third-order valence-electron chi connectivity index (χ3n) is 3.03. The fourth-order valence-corrected chi connectivity index (χ4v) is 2.01. The Labute approximate surface area is 130 Å². The number of rotatable bonds is 6. The second-order valence-electron chi connectivity index (χ2n) is 4.95. The number of carbonyl (C=O) groups excluding carboxylic acids is 1. The van der Waals surface area contributed by atoms with Crippen molar-refractivity contribution in [2.24, 2.45) is 0 Å². The van der Waals surface area contributed by atoms with Crippen molar-refractivity contribution in [3.63, 3.8) is 0 Å². The minimum atomic E-state index is -0.426. The van der Waals surface area contributed by atoms with Gasteiger partial charge in [-0.05, 0) is 24.0 Å². The number of aryl methyl sites for hydroxylation is 1. The summed E-state index contributed by atoms with van der Waals surface area (Å²) in [5.74, 6) is 0.231. The first-order valence-corrected chi connectivity index (χ1v) is 7.35. The molecule has 0 spiro atoms. The van der Waals surface area contributed by atoms with E-state index in [2.05, 4.69) is 24.5 Å². The summed E-state index contributed by atoms with van der Waals surface area (Å²) in [5, 5.41) is 14.7. The first-order valence-electron chi connectivity index (χ1n) is 6.81. The normalized spacial score (nSPS) is 11.1. The van der Waals surface area contributed by atoms with Crippen molar-refractivity contribution >= 4 is 23.2 Å². The maximum Gasteiger partial charge on any atom is 0.263 e. The zero-order valence-corrected chi connectivity index (χ0v) is 13.3. The molecule has 0 radical (unpaired) electrons. The van der Waals surface area contributed by atoms with Crippen molar-refractivity contribution in [1.29, 1.82) is 5.26 Å². The Balaban J connectivity index is 2.97. The number of nitrogens with one attached hydrogen (secondary N) is 2. The van der Waals surface area contributed by atoms with Crippen LogP contribution in [0.1, 0.15) is 30.9 Å². The average molecular weight is 306 g/mol. The smallest absolute Gasteiger partial charge is 0.263 e. The van der Waals surface area contributed by atoms with E-state index < -0.39 is 5.91 Å². The highest BCUT2D eigenvalue weighted by atomic mass is 35.5. The van der Waals surface area contributed by atoms with E-state index in [1.165, 1.54) is 6.20 Å². The highest BCUT2D eigenvalue weighted by Crippen LogP contribution is 2.27. The van der Waals surface area contributed by atoms with Gasteiger partial charge in [-0.2, -0.15) is 5.26 Å². The molecule has 4 nitrogen and oxygen atoms in total. The molecule has 21 heavy (non-hydrogen) atoms. The Hall–Kier alpha value is -1.99. The minimum absolute atomic E-state index is 0.0260. The Bertz CT molecular complexity index is 573. The van der Waals surface area contributed by atoms with Gasteiger partial charge in [0.1, 0.15) is 11.6 Å². The number of hydrogen-bond acceptors (Lipinski definition) is 3. The number of hydrogen-bond donors (Lipinski definition) is 2. The summed E-state index contributed by atoms with van der Waals surface area (Å²) < 4.78 is 0. The molecule has 0 unspecified atom stereocenters. The van der Waals surface area contributed by atoms with Gasteiger partial charge in [-0.15, -0.1) is 11.6 Å². The van der Waals surface area contributed by atoms with E-state index in [0.717, 1.165) is 16.8 Å². The lowest BCUT2D eigenvalue weighted by atomic mass is 9.98. The molecule has 0 fully saturated rings. The zero-order valence-electron chi connectivity index (χ0n) is 12.5. The summed E-state index contributed by atoms with van der Waals surface area (Å²) in [6.07, 6.45) is 1.44. The number of alkyl halides is 1. The summed E-state index contributed by atoms with van der Waals surface area (Å²) in [5.41, 5.74) is 3.17. The summed E-state index contributed by atoms with van der Waals surface area (Å²) >= 11 is 5.51. The van der Waals surface area contributed by atoms with Gasteiger partial charge in [0.05, 0.1) is 0 Å². The second kappa shape index (κ2) is 8.33. The van der Waals surface area contributed by atoms with E-state index in [1.807, 2.05) is 31.2 Å². The van der Waals surface area contributed by atoms with Crippen LogP contribution < -0.4 is 10.6 Å². The number of anilines is 1. The Morgan fingerprint density at radius 2 is 2.19 bits per heavy atom. The van der Waals surface area contributed by atoms with Crippen LogP contribution in [0.3, 0.4) is 0 Å². The lowest BCUT2D eigenvalue weighted by Gasteiger charge is -2.15. The van der Waals surface area contributed by atoms with Gasteiger partial charge in [0, 0.05) is 24.3 Å². The lowest BCUT2D eigenvalue weighted by molar-refractivity contribution is -0.117. The quantitative estimate of drug-likeness (QED) is 0.481. The van der Waals surface area contributed by atoms with E-state index in [-0.39, 0.29) is 5.57 Å². The number of nitriles is 1. The van der Waals surface area contributed by atoms with Crippen LogP contribution in [-0.2, 0) is 4.79 Å². The Kier molecular flexibility index (Phi) is 6.77. The van der Waals surface area contributed by atoms with Gasteiger partial charge in [0.15, 0.2) is 0 Å². The SMILES string of the molecule is Cc1cccc(C(C)C)c1N/C=C(/C#N)C(=O)NCCCl. The third kappa shape index (κ3) is 4.80. The summed E-state index contributed by atoms with van der Waals surface area (Å²) in [6, 6.07) is 7.91.